The quantitative estimate of drug-likeness (QED) is 0.548. The first-order valence-corrected chi connectivity index (χ1v) is 5.71. The van der Waals surface area contributed by atoms with Crippen molar-refractivity contribution in [3.05, 3.63) is 0 Å². The number of thioether (sulfide) groups is 1. The zero-order chi connectivity index (χ0) is 9.23. The third-order valence-corrected chi connectivity index (χ3v) is 2.46. The number of methoxy groups -OCH3 is 2. The van der Waals surface area contributed by atoms with Gasteiger partial charge in [-0.25, -0.2) is 0 Å². The van der Waals surface area contributed by atoms with Crippen molar-refractivity contribution in [3.63, 3.8) is 0 Å². The van der Waals surface area contributed by atoms with E-state index in [1.165, 1.54) is 18.6 Å². The van der Waals surface area contributed by atoms with Gasteiger partial charge in [-0.1, -0.05) is 0 Å². The molecule has 0 aliphatic rings. The lowest BCUT2D eigenvalue weighted by Crippen LogP contribution is -2.14. The maximum absolute atomic E-state index is 5.10. The normalized spacial score (nSPS) is 11.0. The second kappa shape index (κ2) is 9.36. The van der Waals surface area contributed by atoms with Gasteiger partial charge in [-0.15, -0.1) is 0 Å². The van der Waals surface area contributed by atoms with Crippen LogP contribution in [-0.2, 0) is 9.47 Å². The van der Waals surface area contributed by atoms with Crippen LogP contribution in [0.5, 0.6) is 0 Å². The Hall–Kier alpha value is 0.270. The molecule has 0 saturated heterocycles. The van der Waals surface area contributed by atoms with Crippen LogP contribution in [0.2, 0.25) is 0 Å². The van der Waals surface area contributed by atoms with Gasteiger partial charge in [0.1, 0.15) is 0 Å². The Morgan fingerprint density at radius 1 is 1.17 bits per heavy atom. The highest BCUT2D eigenvalue weighted by Gasteiger charge is 2.06. The minimum absolute atomic E-state index is 0.576. The summed E-state index contributed by atoms with van der Waals surface area (Å²) in [5.41, 5.74) is 0. The van der Waals surface area contributed by atoms with Crippen LogP contribution in [0, 0.1) is 5.92 Å². The summed E-state index contributed by atoms with van der Waals surface area (Å²) in [6.45, 7) is 1.64. The predicted octanol–water partition coefficient (Wildman–Crippen LogP) is 2.04. The highest BCUT2D eigenvalue weighted by atomic mass is 32.2. The van der Waals surface area contributed by atoms with E-state index in [9.17, 15) is 0 Å². The fourth-order valence-corrected chi connectivity index (χ4v) is 1.66. The van der Waals surface area contributed by atoms with Crippen molar-refractivity contribution in [2.45, 2.75) is 12.8 Å². The van der Waals surface area contributed by atoms with Crippen LogP contribution >= 0.6 is 11.8 Å². The zero-order valence-electron chi connectivity index (χ0n) is 8.34. The molecule has 0 aliphatic carbocycles. The van der Waals surface area contributed by atoms with Gasteiger partial charge >= 0.3 is 0 Å². The Labute approximate surface area is 80.0 Å². The highest BCUT2D eigenvalue weighted by molar-refractivity contribution is 7.98. The van der Waals surface area contributed by atoms with E-state index in [4.69, 9.17) is 9.47 Å². The molecule has 0 aromatic carbocycles. The van der Waals surface area contributed by atoms with Crippen LogP contribution in [-0.4, -0.2) is 39.4 Å². The van der Waals surface area contributed by atoms with Crippen molar-refractivity contribution in [2.75, 3.05) is 39.4 Å². The van der Waals surface area contributed by atoms with Gasteiger partial charge in [0.05, 0.1) is 13.2 Å². The molecule has 0 radical (unpaired) electrons. The van der Waals surface area contributed by atoms with Crippen molar-refractivity contribution in [3.8, 4) is 0 Å². The summed E-state index contributed by atoms with van der Waals surface area (Å²) < 4.78 is 10.2. The number of hydrogen-bond acceptors (Lipinski definition) is 3. The molecule has 0 unspecified atom stereocenters. The number of rotatable bonds is 8. The summed E-state index contributed by atoms with van der Waals surface area (Å²) in [5, 5.41) is 0. The molecule has 3 heteroatoms. The fourth-order valence-electron chi connectivity index (χ4n) is 1.20. The Balaban J connectivity index is 3.34. The van der Waals surface area contributed by atoms with E-state index in [1.54, 1.807) is 14.2 Å². The molecular weight excluding hydrogens is 172 g/mol. The van der Waals surface area contributed by atoms with E-state index in [0.717, 1.165) is 13.2 Å². The average molecular weight is 192 g/mol. The molecule has 0 bridgehead atoms. The Kier molecular flexibility index (Phi) is 9.57. The average Bonchev–Trinajstić information content (AvgIpc) is 2.06. The lowest BCUT2D eigenvalue weighted by molar-refractivity contribution is 0.0803. The molecule has 0 aliphatic heterocycles. The fraction of sp³-hybridized carbons (Fsp3) is 1.00. The standard InChI is InChI=1S/C9H20O2S/c1-10-7-9(8-11-2)5-4-6-12-3/h9H,4-8H2,1-3H3. The first-order chi connectivity index (χ1) is 5.85. The van der Waals surface area contributed by atoms with Crippen molar-refractivity contribution in [2.24, 2.45) is 5.92 Å². The maximum atomic E-state index is 5.10. The van der Waals surface area contributed by atoms with Crippen molar-refractivity contribution in [1.29, 1.82) is 0 Å². The molecule has 0 spiro atoms. The third kappa shape index (κ3) is 6.95. The molecular formula is C9H20O2S. The van der Waals surface area contributed by atoms with E-state index in [0.29, 0.717) is 5.92 Å². The summed E-state index contributed by atoms with van der Waals surface area (Å²) in [4.78, 5) is 0. The molecule has 0 saturated carbocycles. The molecule has 0 heterocycles. The second-order valence-electron chi connectivity index (χ2n) is 2.91. The molecule has 0 rings (SSSR count). The Morgan fingerprint density at radius 2 is 1.75 bits per heavy atom. The minimum Gasteiger partial charge on any atom is -0.384 e. The van der Waals surface area contributed by atoms with Crippen LogP contribution < -0.4 is 0 Å². The van der Waals surface area contributed by atoms with E-state index in [-0.39, 0.29) is 0 Å². The molecule has 12 heavy (non-hydrogen) atoms. The smallest absolute Gasteiger partial charge is 0.0512 e. The van der Waals surface area contributed by atoms with E-state index in [1.807, 2.05) is 11.8 Å². The van der Waals surface area contributed by atoms with Gasteiger partial charge < -0.3 is 9.47 Å². The summed E-state index contributed by atoms with van der Waals surface area (Å²) in [6, 6.07) is 0. The first kappa shape index (κ1) is 12.3. The highest BCUT2D eigenvalue weighted by Crippen LogP contribution is 2.09. The molecule has 0 N–H and O–H groups in total. The molecule has 74 valence electrons. The molecule has 0 atom stereocenters. The van der Waals surface area contributed by atoms with E-state index >= 15 is 0 Å². The third-order valence-electron chi connectivity index (χ3n) is 1.77. The van der Waals surface area contributed by atoms with Crippen LogP contribution in [0.3, 0.4) is 0 Å². The number of ether oxygens (including phenoxy) is 2. The van der Waals surface area contributed by atoms with Gasteiger partial charge in [0.2, 0.25) is 0 Å². The number of hydrogen-bond donors (Lipinski definition) is 0. The maximum Gasteiger partial charge on any atom is 0.0512 e. The van der Waals surface area contributed by atoms with Gasteiger partial charge in [-0.05, 0) is 24.9 Å². The first-order valence-electron chi connectivity index (χ1n) is 4.32. The second-order valence-corrected chi connectivity index (χ2v) is 3.90. The molecule has 0 amide bonds. The van der Waals surface area contributed by atoms with Gasteiger partial charge in [0, 0.05) is 20.1 Å². The summed E-state index contributed by atoms with van der Waals surface area (Å²) in [6.07, 6.45) is 4.61. The van der Waals surface area contributed by atoms with Gasteiger partial charge in [-0.3, -0.25) is 0 Å². The van der Waals surface area contributed by atoms with Crippen molar-refractivity contribution >= 4 is 11.8 Å². The van der Waals surface area contributed by atoms with Gasteiger partial charge in [-0.2, -0.15) is 11.8 Å². The van der Waals surface area contributed by atoms with Crippen LogP contribution in [0.15, 0.2) is 0 Å². The van der Waals surface area contributed by atoms with Gasteiger partial charge in [0.15, 0.2) is 0 Å². The SMILES string of the molecule is COCC(CCCSC)COC. The Morgan fingerprint density at radius 3 is 2.17 bits per heavy atom. The van der Waals surface area contributed by atoms with E-state index in [2.05, 4.69) is 6.26 Å². The van der Waals surface area contributed by atoms with Crippen molar-refractivity contribution in [1.82, 2.24) is 0 Å². The summed E-state index contributed by atoms with van der Waals surface area (Å²) in [7, 11) is 3.49. The minimum atomic E-state index is 0.576. The Bertz CT molecular complexity index is 82.6. The van der Waals surface area contributed by atoms with E-state index < -0.39 is 0 Å². The molecule has 2 nitrogen and oxygen atoms in total. The van der Waals surface area contributed by atoms with Gasteiger partial charge in [0.25, 0.3) is 0 Å². The molecule has 0 aromatic heterocycles. The predicted molar refractivity (Wildman–Crippen MR) is 54.9 cm³/mol. The van der Waals surface area contributed by atoms with Crippen LogP contribution in [0.4, 0.5) is 0 Å². The van der Waals surface area contributed by atoms with Crippen LogP contribution in [0.1, 0.15) is 12.8 Å². The summed E-state index contributed by atoms with van der Waals surface area (Å²) >= 11 is 1.90. The van der Waals surface area contributed by atoms with Crippen molar-refractivity contribution < 1.29 is 9.47 Å². The summed E-state index contributed by atoms with van der Waals surface area (Å²) in [5.74, 6) is 1.82. The largest absolute Gasteiger partial charge is 0.384 e. The molecule has 0 aromatic rings. The topological polar surface area (TPSA) is 18.5 Å². The lowest BCUT2D eigenvalue weighted by Gasteiger charge is -2.13. The monoisotopic (exact) mass is 192 g/mol. The van der Waals surface area contributed by atoms with Crippen LogP contribution in [0.25, 0.3) is 0 Å². The molecule has 0 fully saturated rings. The zero-order valence-corrected chi connectivity index (χ0v) is 9.15. The lowest BCUT2D eigenvalue weighted by atomic mass is 10.1.